The Labute approximate surface area is 219 Å². The molecule has 1 fully saturated rings. The average molecular weight is 515 g/mol. The minimum Gasteiger partial charge on any atom is -0.486 e. The normalized spacial score (nSPS) is 18.1. The lowest BCUT2D eigenvalue weighted by Gasteiger charge is -2.16. The van der Waals surface area contributed by atoms with Gasteiger partial charge in [0.2, 0.25) is 5.91 Å². The summed E-state index contributed by atoms with van der Waals surface area (Å²) in [7, 11) is 0. The number of para-hydroxylation sites is 1. The first kappa shape index (κ1) is 25.4. The van der Waals surface area contributed by atoms with Crippen LogP contribution < -0.4 is 10.2 Å². The summed E-state index contributed by atoms with van der Waals surface area (Å²) in [6.45, 7) is 1.96. The summed E-state index contributed by atoms with van der Waals surface area (Å²) in [6, 6.07) is 24.0. The molecule has 0 saturated heterocycles. The molecule has 4 aromatic rings. The fourth-order valence-corrected chi connectivity index (χ4v) is 4.91. The van der Waals surface area contributed by atoms with Crippen molar-refractivity contribution in [2.24, 2.45) is 11.3 Å². The Morgan fingerprint density at radius 1 is 1.08 bits per heavy atom. The first-order valence-electron chi connectivity index (χ1n) is 12.4. The van der Waals surface area contributed by atoms with Crippen molar-refractivity contribution in [1.82, 2.24) is 10.5 Å². The van der Waals surface area contributed by atoms with Gasteiger partial charge in [0, 0.05) is 16.5 Å². The first-order chi connectivity index (χ1) is 18.4. The smallest absolute Gasteiger partial charge is 0.313 e. The van der Waals surface area contributed by atoms with Crippen LogP contribution in [0.3, 0.4) is 0 Å². The topological polar surface area (TPSA) is 97.8 Å². The highest BCUT2D eigenvalue weighted by Gasteiger charge is 2.64. The molecule has 3 aromatic carbocycles. The molecular formula is C30H27FN2O5. The second-order valence-corrected chi connectivity index (χ2v) is 9.39. The molecule has 0 bridgehead atoms. The van der Waals surface area contributed by atoms with Crippen molar-refractivity contribution in [3.63, 3.8) is 0 Å². The van der Waals surface area contributed by atoms with Gasteiger partial charge in [-0.2, -0.15) is 0 Å². The van der Waals surface area contributed by atoms with Gasteiger partial charge in [0.15, 0.2) is 11.6 Å². The molecule has 1 heterocycles. The number of nitrogens with zero attached hydrogens (tertiary/aromatic N) is 1. The number of pyridine rings is 1. The minimum absolute atomic E-state index is 0.0709. The number of hydrogen-bond donors (Lipinski definition) is 2. The first-order valence-corrected chi connectivity index (χ1v) is 12.4. The molecule has 0 aliphatic heterocycles. The molecular weight excluding hydrogens is 487 g/mol. The van der Waals surface area contributed by atoms with Gasteiger partial charge in [-0.05, 0) is 49.6 Å². The molecule has 0 radical (unpaired) electrons. The Hall–Kier alpha value is -4.30. The number of hydrogen-bond acceptors (Lipinski definition) is 6. The Morgan fingerprint density at radius 2 is 1.84 bits per heavy atom. The molecule has 0 unspecified atom stereocenters. The molecule has 1 amide bonds. The Morgan fingerprint density at radius 3 is 2.58 bits per heavy atom. The van der Waals surface area contributed by atoms with Crippen LogP contribution in [0, 0.1) is 17.2 Å². The highest BCUT2D eigenvalue weighted by molar-refractivity contribution is 5.93. The van der Waals surface area contributed by atoms with E-state index in [-0.39, 0.29) is 31.8 Å². The van der Waals surface area contributed by atoms with E-state index in [1.165, 1.54) is 12.1 Å². The van der Waals surface area contributed by atoms with E-state index in [4.69, 9.17) is 19.7 Å². The molecule has 7 nitrogen and oxygen atoms in total. The number of fused-ring (bicyclic) bond motifs is 1. The number of rotatable bonds is 9. The van der Waals surface area contributed by atoms with Gasteiger partial charge in [-0.3, -0.25) is 14.8 Å². The number of ether oxygens (including phenoxy) is 2. The zero-order valence-corrected chi connectivity index (χ0v) is 20.8. The summed E-state index contributed by atoms with van der Waals surface area (Å²) < 4.78 is 26.2. The number of nitrogens with one attached hydrogen (secondary N) is 1. The number of benzene rings is 3. The van der Waals surface area contributed by atoms with E-state index in [1.807, 2.05) is 60.7 Å². The minimum atomic E-state index is -1.12. The summed E-state index contributed by atoms with van der Waals surface area (Å²) >= 11 is 0. The molecule has 5 rings (SSSR count). The number of esters is 1. The number of aromatic nitrogens is 1. The number of amides is 1. The second-order valence-electron chi connectivity index (χ2n) is 9.39. The summed E-state index contributed by atoms with van der Waals surface area (Å²) in [5, 5.41) is 9.92. The molecule has 38 heavy (non-hydrogen) atoms. The number of halogens is 1. The fraction of sp³-hybridized carbons (Fsp3) is 0.233. The molecule has 1 aromatic heterocycles. The maximum absolute atomic E-state index is 15.1. The predicted octanol–water partition coefficient (Wildman–Crippen LogP) is 5.24. The van der Waals surface area contributed by atoms with Crippen LogP contribution in [0.15, 0.2) is 78.9 Å². The van der Waals surface area contributed by atoms with Gasteiger partial charge in [0.1, 0.15) is 6.61 Å². The Bertz CT molecular complexity index is 1490. The molecule has 1 aliphatic carbocycles. The van der Waals surface area contributed by atoms with Crippen molar-refractivity contribution < 1.29 is 28.7 Å². The van der Waals surface area contributed by atoms with Crippen molar-refractivity contribution in [3.8, 4) is 17.0 Å². The summed E-state index contributed by atoms with van der Waals surface area (Å²) in [5.41, 5.74) is 4.46. The standard InChI is InChI=1S/C30H27FN2O5/c1-2-37-29(35)30(17-23(30)28(34)33-36)16-19-12-13-27(24(31)14-19)38-18-21-15-26(20-8-4-3-5-9-20)32-25-11-7-6-10-22(21)25/h3-15,23,36H,2,16-18H2,1H3,(H,33,34)/t23-,30+/m1/s1. The van der Waals surface area contributed by atoms with Crippen molar-refractivity contribution in [3.05, 3.63) is 95.8 Å². The van der Waals surface area contributed by atoms with E-state index in [0.29, 0.717) is 5.56 Å². The van der Waals surface area contributed by atoms with Crippen LogP contribution in [0.2, 0.25) is 0 Å². The van der Waals surface area contributed by atoms with Crippen molar-refractivity contribution in [1.29, 1.82) is 0 Å². The summed E-state index contributed by atoms with van der Waals surface area (Å²) in [5.74, 6) is -2.43. The maximum Gasteiger partial charge on any atom is 0.313 e. The molecule has 2 N–H and O–H groups in total. The van der Waals surface area contributed by atoms with E-state index in [9.17, 15) is 9.59 Å². The summed E-state index contributed by atoms with van der Waals surface area (Å²) in [6.07, 6.45) is 0.327. The number of carbonyl (C=O) groups is 2. The van der Waals surface area contributed by atoms with Crippen LogP contribution in [0.5, 0.6) is 5.75 Å². The van der Waals surface area contributed by atoms with Gasteiger partial charge >= 0.3 is 5.97 Å². The van der Waals surface area contributed by atoms with Gasteiger partial charge in [-0.25, -0.2) is 14.9 Å². The third-order valence-corrected chi connectivity index (χ3v) is 6.95. The zero-order valence-electron chi connectivity index (χ0n) is 20.8. The molecule has 1 aliphatic rings. The highest BCUT2D eigenvalue weighted by Crippen LogP contribution is 2.56. The van der Waals surface area contributed by atoms with Crippen LogP contribution in [0.1, 0.15) is 24.5 Å². The van der Waals surface area contributed by atoms with Crippen LogP contribution in [0.25, 0.3) is 22.2 Å². The summed E-state index contributed by atoms with van der Waals surface area (Å²) in [4.78, 5) is 29.3. The molecule has 8 heteroatoms. The molecule has 0 spiro atoms. The quantitative estimate of drug-likeness (QED) is 0.180. The largest absolute Gasteiger partial charge is 0.486 e. The van der Waals surface area contributed by atoms with Gasteiger partial charge < -0.3 is 9.47 Å². The molecule has 194 valence electrons. The monoisotopic (exact) mass is 514 g/mol. The van der Waals surface area contributed by atoms with Crippen molar-refractivity contribution in [2.75, 3.05) is 6.61 Å². The lowest BCUT2D eigenvalue weighted by Crippen LogP contribution is -2.30. The maximum atomic E-state index is 15.1. The van der Waals surface area contributed by atoms with Gasteiger partial charge in [0.25, 0.3) is 0 Å². The van der Waals surface area contributed by atoms with E-state index in [2.05, 4.69) is 0 Å². The van der Waals surface area contributed by atoms with Gasteiger partial charge in [0.05, 0.1) is 29.2 Å². The molecule has 1 saturated carbocycles. The lowest BCUT2D eigenvalue weighted by molar-refractivity contribution is -0.152. The van der Waals surface area contributed by atoms with Gasteiger partial charge in [-0.1, -0.05) is 54.6 Å². The van der Waals surface area contributed by atoms with Crippen LogP contribution in [-0.2, 0) is 27.4 Å². The van der Waals surface area contributed by atoms with E-state index < -0.39 is 29.0 Å². The highest BCUT2D eigenvalue weighted by atomic mass is 19.1. The Kier molecular flexibility index (Phi) is 7.07. The van der Waals surface area contributed by atoms with Crippen LogP contribution >= 0.6 is 0 Å². The van der Waals surface area contributed by atoms with Crippen molar-refractivity contribution in [2.45, 2.75) is 26.4 Å². The number of carbonyl (C=O) groups excluding carboxylic acids is 2. The fourth-order valence-electron chi connectivity index (χ4n) is 4.91. The number of hydroxylamine groups is 1. The zero-order chi connectivity index (χ0) is 26.7. The van der Waals surface area contributed by atoms with Crippen molar-refractivity contribution >= 4 is 22.8 Å². The van der Waals surface area contributed by atoms with Crippen LogP contribution in [0.4, 0.5) is 4.39 Å². The average Bonchev–Trinajstić information content (AvgIpc) is 3.67. The predicted molar refractivity (Wildman–Crippen MR) is 139 cm³/mol. The SMILES string of the molecule is CCOC(=O)[C@@]1(Cc2ccc(OCc3cc(-c4ccccc4)nc4ccccc34)c(F)c2)C[C@@H]1C(=O)NO. The van der Waals surface area contributed by atoms with Gasteiger partial charge in [-0.15, -0.1) is 0 Å². The third kappa shape index (κ3) is 4.95. The van der Waals surface area contributed by atoms with Crippen LogP contribution in [-0.4, -0.2) is 28.7 Å². The van der Waals surface area contributed by atoms with E-state index >= 15 is 4.39 Å². The van der Waals surface area contributed by atoms with E-state index in [1.54, 1.807) is 18.5 Å². The lowest BCUT2D eigenvalue weighted by atomic mass is 9.93. The Balaban J connectivity index is 1.36. The molecule has 2 atom stereocenters. The van der Waals surface area contributed by atoms with E-state index in [0.717, 1.165) is 27.7 Å². The third-order valence-electron chi connectivity index (χ3n) is 6.95. The second kappa shape index (κ2) is 10.6.